The fraction of sp³-hybridized carbons (Fsp3) is 1.00. The Balaban J connectivity index is 3.83. The van der Waals surface area contributed by atoms with Gasteiger partial charge in [0.1, 0.15) is 0 Å². The Bertz CT molecular complexity index is 178. The number of rotatable bonds is 5. The molecule has 0 aliphatic rings. The van der Waals surface area contributed by atoms with Crippen molar-refractivity contribution in [1.82, 2.24) is 0 Å². The van der Waals surface area contributed by atoms with Crippen molar-refractivity contribution in [3.63, 3.8) is 0 Å². The third-order valence-electron chi connectivity index (χ3n) is 1.12. The average Bonchev–Trinajstić information content (AvgIpc) is 1.83. The van der Waals surface area contributed by atoms with Gasteiger partial charge in [-0.05, 0) is 31.0 Å². The van der Waals surface area contributed by atoms with Crippen LogP contribution in [0, 0.1) is 0 Å². The molecule has 0 amide bonds. The van der Waals surface area contributed by atoms with E-state index in [0.717, 1.165) is 17.1 Å². The molecule has 0 fully saturated rings. The second-order valence-electron chi connectivity index (χ2n) is 2.96. The molecule has 74 valence electrons. The molecule has 0 rings (SSSR count). The molecular weight excluding hydrogens is 215 g/mol. The van der Waals surface area contributed by atoms with Crippen molar-refractivity contribution < 1.29 is 14.4 Å². The van der Waals surface area contributed by atoms with Gasteiger partial charge in [-0.2, -0.15) is 11.8 Å². The third-order valence-corrected chi connectivity index (χ3v) is 5.10. The van der Waals surface area contributed by atoms with Gasteiger partial charge in [0.25, 0.3) is 0 Å². The Morgan fingerprint density at radius 1 is 1.42 bits per heavy atom. The van der Waals surface area contributed by atoms with Crippen LogP contribution in [0.15, 0.2) is 0 Å². The third kappa shape index (κ3) is 7.50. The van der Waals surface area contributed by atoms with Gasteiger partial charge in [0.15, 0.2) is 0 Å². The van der Waals surface area contributed by atoms with E-state index in [0.29, 0.717) is 5.75 Å². The minimum Gasteiger partial charge on any atom is -0.317 e. The number of hydrogen-bond donors (Lipinski definition) is 2. The second kappa shape index (κ2) is 4.91. The maximum Gasteiger partial charge on any atom is 0.384 e. The fourth-order valence-corrected chi connectivity index (χ4v) is 4.18. The summed E-state index contributed by atoms with van der Waals surface area (Å²) in [5, 5.41) is 0. The molecule has 0 unspecified atom stereocenters. The monoisotopic (exact) mass is 230 g/mol. The standard InChI is InChI=1S/C6H15O3PS2/c1-4-11-6(2,3)5-12-10(7,8)9/h4-5H2,1-3H3,(H2,7,8,9). The van der Waals surface area contributed by atoms with Crippen molar-refractivity contribution in [2.75, 3.05) is 11.5 Å². The second-order valence-corrected chi connectivity index (χ2v) is 8.66. The summed E-state index contributed by atoms with van der Waals surface area (Å²) >= 11 is 2.44. The Morgan fingerprint density at radius 3 is 2.25 bits per heavy atom. The first-order valence-electron chi connectivity index (χ1n) is 3.61. The van der Waals surface area contributed by atoms with Gasteiger partial charge >= 0.3 is 6.80 Å². The quantitative estimate of drug-likeness (QED) is 0.710. The van der Waals surface area contributed by atoms with Gasteiger partial charge in [-0.15, -0.1) is 0 Å². The molecule has 0 aliphatic heterocycles. The first-order chi connectivity index (χ1) is 5.27. The zero-order valence-electron chi connectivity index (χ0n) is 7.48. The lowest BCUT2D eigenvalue weighted by atomic mass is 10.2. The average molecular weight is 230 g/mol. The van der Waals surface area contributed by atoms with E-state index in [1.807, 2.05) is 20.8 Å². The Kier molecular flexibility index (Phi) is 5.26. The minimum absolute atomic E-state index is 0.0550. The summed E-state index contributed by atoms with van der Waals surface area (Å²) in [6.07, 6.45) is 0. The van der Waals surface area contributed by atoms with Crippen LogP contribution < -0.4 is 0 Å². The predicted octanol–water partition coefficient (Wildman–Crippen LogP) is 2.34. The molecule has 0 aromatic carbocycles. The summed E-state index contributed by atoms with van der Waals surface area (Å²) in [7, 11) is 0. The predicted molar refractivity (Wildman–Crippen MR) is 56.7 cm³/mol. The van der Waals surface area contributed by atoms with Crippen LogP contribution in [0.25, 0.3) is 0 Å². The SMILES string of the molecule is CCSC(C)(C)CSP(=O)(O)O. The molecule has 0 spiro atoms. The summed E-state index contributed by atoms with van der Waals surface area (Å²) in [5.74, 6) is 1.45. The maximum absolute atomic E-state index is 10.5. The Labute approximate surface area is 81.6 Å². The molecule has 0 saturated heterocycles. The Hall–Kier alpha value is 0.850. The van der Waals surface area contributed by atoms with Gasteiger partial charge in [-0.3, -0.25) is 0 Å². The molecule has 12 heavy (non-hydrogen) atoms. The smallest absolute Gasteiger partial charge is 0.317 e. The van der Waals surface area contributed by atoms with E-state index in [4.69, 9.17) is 9.79 Å². The van der Waals surface area contributed by atoms with Crippen molar-refractivity contribution >= 4 is 29.9 Å². The fourth-order valence-electron chi connectivity index (χ4n) is 0.672. The number of thioether (sulfide) groups is 1. The highest BCUT2D eigenvalue weighted by Gasteiger charge is 2.23. The van der Waals surface area contributed by atoms with E-state index in [-0.39, 0.29) is 4.75 Å². The highest BCUT2D eigenvalue weighted by Crippen LogP contribution is 2.52. The first kappa shape index (κ1) is 12.8. The maximum atomic E-state index is 10.5. The zero-order chi connectivity index (χ0) is 9.83. The molecule has 0 saturated carbocycles. The lowest BCUT2D eigenvalue weighted by Gasteiger charge is -2.22. The molecule has 0 radical (unpaired) electrons. The van der Waals surface area contributed by atoms with Crippen molar-refractivity contribution in [2.45, 2.75) is 25.5 Å². The van der Waals surface area contributed by atoms with Crippen LogP contribution in [0.2, 0.25) is 0 Å². The van der Waals surface area contributed by atoms with Crippen LogP contribution in [0.1, 0.15) is 20.8 Å². The zero-order valence-corrected chi connectivity index (χ0v) is 10.0. The van der Waals surface area contributed by atoms with Gasteiger partial charge in [0.2, 0.25) is 0 Å². The molecule has 3 nitrogen and oxygen atoms in total. The molecule has 0 atom stereocenters. The van der Waals surface area contributed by atoms with E-state index >= 15 is 0 Å². The molecule has 0 aromatic rings. The van der Waals surface area contributed by atoms with Crippen molar-refractivity contribution in [3.8, 4) is 0 Å². The van der Waals surface area contributed by atoms with Crippen molar-refractivity contribution in [3.05, 3.63) is 0 Å². The summed E-state index contributed by atoms with van der Waals surface area (Å²) in [4.78, 5) is 17.2. The highest BCUT2D eigenvalue weighted by atomic mass is 32.7. The van der Waals surface area contributed by atoms with Gasteiger partial charge in [0, 0.05) is 10.5 Å². The van der Waals surface area contributed by atoms with Crippen molar-refractivity contribution in [1.29, 1.82) is 0 Å². The van der Waals surface area contributed by atoms with E-state index < -0.39 is 6.80 Å². The van der Waals surface area contributed by atoms with Gasteiger partial charge < -0.3 is 9.79 Å². The van der Waals surface area contributed by atoms with Gasteiger partial charge in [0.05, 0.1) is 0 Å². The lowest BCUT2D eigenvalue weighted by molar-refractivity contribution is 0.397. The van der Waals surface area contributed by atoms with E-state index in [1.54, 1.807) is 11.8 Å². The van der Waals surface area contributed by atoms with E-state index in [9.17, 15) is 4.57 Å². The molecular formula is C6H15O3PS2. The lowest BCUT2D eigenvalue weighted by Crippen LogP contribution is -2.18. The van der Waals surface area contributed by atoms with Crippen LogP contribution in [0.3, 0.4) is 0 Å². The summed E-state index contributed by atoms with van der Waals surface area (Å²) < 4.78 is 10.5. The molecule has 0 bridgehead atoms. The van der Waals surface area contributed by atoms with Crippen LogP contribution in [0.5, 0.6) is 0 Å². The summed E-state index contributed by atoms with van der Waals surface area (Å²) in [6, 6.07) is 0. The Morgan fingerprint density at radius 2 is 1.92 bits per heavy atom. The van der Waals surface area contributed by atoms with Crippen LogP contribution >= 0.6 is 29.9 Å². The summed E-state index contributed by atoms with van der Waals surface area (Å²) in [5.41, 5.74) is 0. The van der Waals surface area contributed by atoms with Crippen LogP contribution in [0.4, 0.5) is 0 Å². The molecule has 0 heterocycles. The van der Waals surface area contributed by atoms with Crippen molar-refractivity contribution in [2.24, 2.45) is 0 Å². The highest BCUT2D eigenvalue weighted by molar-refractivity contribution is 8.54. The van der Waals surface area contributed by atoms with Crippen LogP contribution in [-0.2, 0) is 4.57 Å². The molecule has 2 N–H and O–H groups in total. The topological polar surface area (TPSA) is 57.5 Å². The van der Waals surface area contributed by atoms with Crippen LogP contribution in [-0.4, -0.2) is 26.0 Å². The molecule has 0 aromatic heterocycles. The first-order valence-corrected chi connectivity index (χ1v) is 7.80. The minimum atomic E-state index is -3.88. The number of hydrogen-bond acceptors (Lipinski definition) is 3. The van der Waals surface area contributed by atoms with Gasteiger partial charge in [-0.25, -0.2) is 4.57 Å². The molecule has 6 heteroatoms. The molecule has 0 aliphatic carbocycles. The normalized spacial score (nSPS) is 13.4. The van der Waals surface area contributed by atoms with Gasteiger partial charge in [-0.1, -0.05) is 6.92 Å². The van der Waals surface area contributed by atoms with E-state index in [1.165, 1.54) is 0 Å². The summed E-state index contributed by atoms with van der Waals surface area (Å²) in [6.45, 7) is 2.13. The largest absolute Gasteiger partial charge is 0.384 e. The van der Waals surface area contributed by atoms with E-state index in [2.05, 4.69) is 0 Å².